The van der Waals surface area contributed by atoms with E-state index in [9.17, 15) is 8.42 Å². The number of hydrogen-bond acceptors (Lipinski definition) is 4. The van der Waals surface area contributed by atoms with Crippen LogP contribution in [-0.4, -0.2) is 19.0 Å². The standard InChI is InChI=1S/C11H13NO3S2/c1-17(13,14)12(8-10-4-2-6-15-10)9-11-5-3-7-16-11/h2-7H,8-9H2,1H3. The molecule has 92 valence electrons. The zero-order valence-electron chi connectivity index (χ0n) is 9.37. The summed E-state index contributed by atoms with van der Waals surface area (Å²) in [6, 6.07) is 7.35. The predicted molar refractivity (Wildman–Crippen MR) is 67.1 cm³/mol. The first kappa shape index (κ1) is 12.3. The van der Waals surface area contributed by atoms with Gasteiger partial charge in [0.15, 0.2) is 0 Å². The molecule has 0 amide bonds. The molecule has 0 aromatic carbocycles. The summed E-state index contributed by atoms with van der Waals surface area (Å²) in [4.78, 5) is 1.02. The first-order valence-corrected chi connectivity index (χ1v) is 7.78. The molecule has 0 bridgehead atoms. The molecule has 0 saturated carbocycles. The lowest BCUT2D eigenvalue weighted by Gasteiger charge is -2.17. The molecule has 0 N–H and O–H groups in total. The van der Waals surface area contributed by atoms with Gasteiger partial charge in [-0.25, -0.2) is 8.42 Å². The lowest BCUT2D eigenvalue weighted by Crippen LogP contribution is -2.28. The fraction of sp³-hybridized carbons (Fsp3) is 0.273. The van der Waals surface area contributed by atoms with Crippen LogP contribution < -0.4 is 0 Å². The van der Waals surface area contributed by atoms with Crippen molar-refractivity contribution in [3.05, 3.63) is 46.5 Å². The van der Waals surface area contributed by atoms with Crippen LogP contribution >= 0.6 is 11.3 Å². The van der Waals surface area contributed by atoms with Gasteiger partial charge in [-0.1, -0.05) is 6.07 Å². The second kappa shape index (κ2) is 5.03. The van der Waals surface area contributed by atoms with Crippen LogP contribution in [0, 0.1) is 0 Å². The molecule has 0 unspecified atom stereocenters. The fourth-order valence-corrected chi connectivity index (χ4v) is 2.98. The molecule has 2 rings (SSSR count). The first-order valence-electron chi connectivity index (χ1n) is 5.05. The van der Waals surface area contributed by atoms with E-state index in [0.717, 1.165) is 4.88 Å². The monoisotopic (exact) mass is 271 g/mol. The van der Waals surface area contributed by atoms with Gasteiger partial charge in [0.05, 0.1) is 19.1 Å². The Bertz CT molecular complexity index is 507. The topological polar surface area (TPSA) is 50.5 Å². The average Bonchev–Trinajstić information content (AvgIpc) is 2.87. The summed E-state index contributed by atoms with van der Waals surface area (Å²) in [5, 5.41) is 1.93. The molecule has 0 atom stereocenters. The van der Waals surface area contributed by atoms with E-state index in [-0.39, 0.29) is 6.54 Å². The highest BCUT2D eigenvalue weighted by Crippen LogP contribution is 2.16. The van der Waals surface area contributed by atoms with Gasteiger partial charge in [0, 0.05) is 11.4 Å². The number of hydrogen-bond donors (Lipinski definition) is 0. The predicted octanol–water partition coefficient (Wildman–Crippen LogP) is 2.30. The highest BCUT2D eigenvalue weighted by Gasteiger charge is 2.18. The maximum absolute atomic E-state index is 11.7. The smallest absolute Gasteiger partial charge is 0.211 e. The number of sulfonamides is 1. The summed E-state index contributed by atoms with van der Waals surface area (Å²) in [6.45, 7) is 0.654. The molecule has 2 heterocycles. The third kappa shape index (κ3) is 3.42. The molecule has 0 saturated heterocycles. The van der Waals surface area contributed by atoms with Crippen LogP contribution in [0.2, 0.25) is 0 Å². The van der Waals surface area contributed by atoms with E-state index in [1.54, 1.807) is 29.7 Å². The summed E-state index contributed by atoms with van der Waals surface area (Å²) in [5.41, 5.74) is 0. The molecule has 0 aliphatic carbocycles. The van der Waals surface area contributed by atoms with Crippen LogP contribution in [0.3, 0.4) is 0 Å². The Kier molecular flexibility index (Phi) is 3.66. The quantitative estimate of drug-likeness (QED) is 0.838. The normalized spacial score (nSPS) is 12.1. The Labute approximate surface area is 105 Å². The molecule has 0 aliphatic rings. The second-order valence-corrected chi connectivity index (χ2v) is 6.70. The minimum atomic E-state index is -3.24. The van der Waals surface area contributed by atoms with E-state index in [2.05, 4.69) is 0 Å². The SMILES string of the molecule is CS(=O)(=O)N(Cc1ccco1)Cc1cccs1. The Morgan fingerprint density at radius 1 is 1.29 bits per heavy atom. The van der Waals surface area contributed by atoms with Gasteiger partial charge in [-0.15, -0.1) is 11.3 Å². The Hall–Kier alpha value is -1.11. The van der Waals surface area contributed by atoms with Gasteiger partial charge < -0.3 is 4.42 Å². The second-order valence-electron chi connectivity index (χ2n) is 3.69. The molecule has 6 heteroatoms. The maximum atomic E-state index is 11.7. The van der Waals surface area contributed by atoms with Crippen molar-refractivity contribution in [3.63, 3.8) is 0 Å². The van der Waals surface area contributed by atoms with E-state index >= 15 is 0 Å². The summed E-state index contributed by atoms with van der Waals surface area (Å²) in [5.74, 6) is 0.645. The van der Waals surface area contributed by atoms with Gasteiger partial charge >= 0.3 is 0 Å². The van der Waals surface area contributed by atoms with Crippen molar-refractivity contribution in [2.75, 3.05) is 6.26 Å². The van der Waals surface area contributed by atoms with Gasteiger partial charge in [0.1, 0.15) is 5.76 Å². The highest BCUT2D eigenvalue weighted by molar-refractivity contribution is 7.88. The van der Waals surface area contributed by atoms with Crippen molar-refractivity contribution < 1.29 is 12.8 Å². The van der Waals surface area contributed by atoms with E-state index < -0.39 is 10.0 Å². The minimum absolute atomic E-state index is 0.268. The lowest BCUT2D eigenvalue weighted by molar-refractivity contribution is 0.363. The zero-order chi connectivity index (χ0) is 12.3. The van der Waals surface area contributed by atoms with Crippen molar-refractivity contribution >= 4 is 21.4 Å². The molecule has 17 heavy (non-hydrogen) atoms. The number of rotatable bonds is 5. The summed E-state index contributed by atoms with van der Waals surface area (Å²) in [7, 11) is -3.24. The van der Waals surface area contributed by atoms with Gasteiger partial charge in [-0.05, 0) is 23.6 Å². The Morgan fingerprint density at radius 3 is 2.65 bits per heavy atom. The number of furan rings is 1. The van der Waals surface area contributed by atoms with Crippen LogP contribution in [0.5, 0.6) is 0 Å². The van der Waals surface area contributed by atoms with E-state index in [1.165, 1.54) is 10.6 Å². The van der Waals surface area contributed by atoms with E-state index in [4.69, 9.17) is 4.42 Å². The van der Waals surface area contributed by atoms with Crippen LogP contribution in [0.4, 0.5) is 0 Å². The van der Waals surface area contributed by atoms with Crippen molar-refractivity contribution in [2.45, 2.75) is 13.1 Å². The van der Waals surface area contributed by atoms with Gasteiger partial charge in [0.25, 0.3) is 0 Å². The van der Waals surface area contributed by atoms with E-state index in [1.807, 2.05) is 17.5 Å². The number of nitrogens with zero attached hydrogens (tertiary/aromatic N) is 1. The Morgan fingerprint density at radius 2 is 2.12 bits per heavy atom. The summed E-state index contributed by atoms with van der Waals surface area (Å²) >= 11 is 1.54. The van der Waals surface area contributed by atoms with Crippen LogP contribution in [0.1, 0.15) is 10.6 Å². The van der Waals surface area contributed by atoms with Crippen LogP contribution in [0.25, 0.3) is 0 Å². The molecule has 2 aromatic rings. The Balaban J connectivity index is 2.15. The van der Waals surface area contributed by atoms with Gasteiger partial charge in [-0.2, -0.15) is 4.31 Å². The largest absolute Gasteiger partial charge is 0.468 e. The maximum Gasteiger partial charge on any atom is 0.211 e. The highest BCUT2D eigenvalue weighted by atomic mass is 32.2. The fourth-order valence-electron chi connectivity index (χ4n) is 1.44. The molecule has 0 spiro atoms. The van der Waals surface area contributed by atoms with Gasteiger partial charge in [-0.3, -0.25) is 0 Å². The molecule has 0 aliphatic heterocycles. The third-order valence-electron chi connectivity index (χ3n) is 2.29. The first-order chi connectivity index (χ1) is 8.05. The molecule has 0 fully saturated rings. The van der Waals surface area contributed by atoms with Gasteiger partial charge in [0.2, 0.25) is 10.0 Å². The third-order valence-corrected chi connectivity index (χ3v) is 4.35. The lowest BCUT2D eigenvalue weighted by atomic mass is 10.4. The molecule has 2 aromatic heterocycles. The zero-order valence-corrected chi connectivity index (χ0v) is 11.0. The van der Waals surface area contributed by atoms with Crippen molar-refractivity contribution in [1.82, 2.24) is 4.31 Å². The van der Waals surface area contributed by atoms with Crippen LogP contribution in [-0.2, 0) is 23.1 Å². The number of thiophene rings is 1. The van der Waals surface area contributed by atoms with E-state index in [0.29, 0.717) is 12.3 Å². The molecule has 4 nitrogen and oxygen atoms in total. The molecular formula is C11H13NO3S2. The van der Waals surface area contributed by atoms with Crippen molar-refractivity contribution in [1.29, 1.82) is 0 Å². The van der Waals surface area contributed by atoms with Crippen LogP contribution in [0.15, 0.2) is 40.3 Å². The van der Waals surface area contributed by atoms with Crippen molar-refractivity contribution in [3.8, 4) is 0 Å². The average molecular weight is 271 g/mol. The molecular weight excluding hydrogens is 258 g/mol. The summed E-state index contributed by atoms with van der Waals surface area (Å²) in [6.07, 6.45) is 2.75. The summed E-state index contributed by atoms with van der Waals surface area (Å²) < 4.78 is 29.9. The van der Waals surface area contributed by atoms with Crippen molar-refractivity contribution in [2.24, 2.45) is 0 Å². The minimum Gasteiger partial charge on any atom is -0.468 e. The molecule has 0 radical (unpaired) electrons.